The predicted molar refractivity (Wildman–Crippen MR) is 136 cm³/mol. The van der Waals surface area contributed by atoms with Gasteiger partial charge in [0, 0.05) is 44.5 Å². The van der Waals surface area contributed by atoms with E-state index in [1.54, 1.807) is 18.2 Å². The van der Waals surface area contributed by atoms with Gasteiger partial charge >= 0.3 is 0 Å². The fourth-order valence-corrected chi connectivity index (χ4v) is 3.90. The summed E-state index contributed by atoms with van der Waals surface area (Å²) in [5.74, 6) is 0.171. The second-order valence-electron chi connectivity index (χ2n) is 8.64. The Hall–Kier alpha value is -3.12. The maximum atomic E-state index is 12.2. The molecule has 0 aliphatic heterocycles. The number of rotatable bonds is 12. The molecule has 0 saturated heterocycles. The van der Waals surface area contributed by atoms with E-state index in [-0.39, 0.29) is 11.3 Å². The third kappa shape index (κ3) is 7.19. The first kappa shape index (κ1) is 24.5. The van der Waals surface area contributed by atoms with Crippen LogP contribution in [-0.2, 0) is 13.1 Å². The van der Waals surface area contributed by atoms with Gasteiger partial charge in [-0.2, -0.15) is 5.10 Å². The van der Waals surface area contributed by atoms with E-state index in [9.17, 15) is 9.90 Å². The van der Waals surface area contributed by atoms with Crippen molar-refractivity contribution in [2.75, 3.05) is 32.1 Å². The average molecular weight is 449 g/mol. The summed E-state index contributed by atoms with van der Waals surface area (Å²) in [6.45, 7) is 5.89. The maximum Gasteiger partial charge on any atom is 0.266 e. The Morgan fingerprint density at radius 1 is 0.909 bits per heavy atom. The van der Waals surface area contributed by atoms with Gasteiger partial charge in [0.15, 0.2) is 0 Å². The summed E-state index contributed by atoms with van der Waals surface area (Å²) in [4.78, 5) is 16.8. The summed E-state index contributed by atoms with van der Waals surface area (Å²) >= 11 is 0. The SMILES string of the molecule is CCN(CCCCCCn1nc(-c2ccccc2O)ccc1=O)Cc1ccc(N(C)C)cc1. The Kier molecular flexibility index (Phi) is 9.07. The molecule has 0 bridgehead atoms. The van der Waals surface area contributed by atoms with E-state index in [4.69, 9.17) is 0 Å². The molecule has 0 radical (unpaired) electrons. The Morgan fingerprint density at radius 2 is 1.64 bits per heavy atom. The lowest BCUT2D eigenvalue weighted by Crippen LogP contribution is -2.24. The minimum Gasteiger partial charge on any atom is -0.507 e. The standard InChI is InChI=1S/C27H36N4O2/c1-4-30(21-22-13-15-23(16-14-22)29(2)3)19-9-5-6-10-20-31-27(33)18-17-25(28-31)24-11-7-8-12-26(24)32/h7-8,11-18,32H,4-6,9-10,19-21H2,1-3H3. The second kappa shape index (κ2) is 12.2. The van der Waals surface area contributed by atoms with Crippen LogP contribution in [-0.4, -0.2) is 47.0 Å². The number of para-hydroxylation sites is 1. The molecule has 0 fully saturated rings. The van der Waals surface area contributed by atoms with Crippen LogP contribution in [0, 0.1) is 0 Å². The molecule has 33 heavy (non-hydrogen) atoms. The van der Waals surface area contributed by atoms with E-state index in [0.29, 0.717) is 17.8 Å². The molecule has 3 aromatic rings. The molecule has 6 nitrogen and oxygen atoms in total. The lowest BCUT2D eigenvalue weighted by atomic mass is 10.1. The van der Waals surface area contributed by atoms with Crippen molar-refractivity contribution in [3.63, 3.8) is 0 Å². The molecular weight excluding hydrogens is 412 g/mol. The summed E-state index contributed by atoms with van der Waals surface area (Å²) in [6.07, 6.45) is 4.24. The molecule has 0 spiro atoms. The molecular formula is C27H36N4O2. The summed E-state index contributed by atoms with van der Waals surface area (Å²) in [5.41, 5.74) is 3.72. The van der Waals surface area contributed by atoms with Crippen LogP contribution in [0.25, 0.3) is 11.3 Å². The molecule has 1 heterocycles. The fourth-order valence-electron chi connectivity index (χ4n) is 3.90. The highest BCUT2D eigenvalue weighted by atomic mass is 16.3. The summed E-state index contributed by atoms with van der Waals surface area (Å²) in [6, 6.07) is 19.0. The first-order chi connectivity index (χ1) is 16.0. The van der Waals surface area contributed by atoms with Crippen LogP contribution < -0.4 is 10.5 Å². The van der Waals surface area contributed by atoms with Gasteiger partial charge in [-0.05, 0) is 61.8 Å². The second-order valence-corrected chi connectivity index (χ2v) is 8.64. The minimum absolute atomic E-state index is 0.105. The summed E-state index contributed by atoms with van der Waals surface area (Å²) in [7, 11) is 4.12. The zero-order valence-electron chi connectivity index (χ0n) is 20.1. The number of hydrogen-bond donors (Lipinski definition) is 1. The van der Waals surface area contributed by atoms with Crippen molar-refractivity contribution in [3.05, 3.63) is 76.6 Å². The Morgan fingerprint density at radius 3 is 2.33 bits per heavy atom. The molecule has 2 aromatic carbocycles. The van der Waals surface area contributed by atoms with Crippen LogP contribution in [0.1, 0.15) is 38.2 Å². The van der Waals surface area contributed by atoms with E-state index in [1.165, 1.54) is 22.0 Å². The van der Waals surface area contributed by atoms with Crippen molar-refractivity contribution in [2.45, 2.75) is 45.7 Å². The number of hydrogen-bond acceptors (Lipinski definition) is 5. The van der Waals surface area contributed by atoms with Crippen molar-refractivity contribution >= 4 is 5.69 Å². The maximum absolute atomic E-state index is 12.2. The Bertz CT molecular complexity index is 1060. The number of aromatic hydroxyl groups is 1. The van der Waals surface area contributed by atoms with Crippen LogP contribution in [0.2, 0.25) is 0 Å². The molecule has 1 aromatic heterocycles. The number of phenolic OH excluding ortho intramolecular Hbond substituents is 1. The Labute approximate surface area is 197 Å². The van der Waals surface area contributed by atoms with Crippen molar-refractivity contribution < 1.29 is 5.11 Å². The molecule has 0 atom stereocenters. The van der Waals surface area contributed by atoms with Gasteiger partial charge in [-0.25, -0.2) is 4.68 Å². The molecule has 0 amide bonds. The Balaban J connectivity index is 1.42. The van der Waals surface area contributed by atoms with Crippen molar-refractivity contribution in [2.24, 2.45) is 0 Å². The number of phenols is 1. The predicted octanol–water partition coefficient (Wildman–Crippen LogP) is 4.76. The smallest absolute Gasteiger partial charge is 0.266 e. The molecule has 6 heteroatoms. The van der Waals surface area contributed by atoms with E-state index in [0.717, 1.165) is 45.3 Å². The highest BCUT2D eigenvalue weighted by Gasteiger charge is 2.08. The number of nitrogens with zero attached hydrogens (tertiary/aromatic N) is 4. The zero-order chi connectivity index (χ0) is 23.6. The number of benzene rings is 2. The van der Waals surface area contributed by atoms with Gasteiger partial charge in [0.05, 0.1) is 5.69 Å². The van der Waals surface area contributed by atoms with Gasteiger partial charge in [-0.15, -0.1) is 0 Å². The van der Waals surface area contributed by atoms with Crippen molar-refractivity contribution in [3.8, 4) is 17.0 Å². The molecule has 176 valence electrons. The third-order valence-corrected chi connectivity index (χ3v) is 5.95. The minimum atomic E-state index is -0.105. The number of aromatic nitrogens is 2. The lowest BCUT2D eigenvalue weighted by molar-refractivity contribution is 0.272. The van der Waals surface area contributed by atoms with Gasteiger partial charge in [-0.1, -0.05) is 44.0 Å². The van der Waals surface area contributed by atoms with Crippen LogP contribution in [0.3, 0.4) is 0 Å². The lowest BCUT2D eigenvalue weighted by Gasteiger charge is -2.21. The number of anilines is 1. The molecule has 0 aliphatic rings. The normalized spacial score (nSPS) is 11.2. The molecule has 3 rings (SSSR count). The van der Waals surface area contributed by atoms with Crippen LogP contribution >= 0.6 is 0 Å². The van der Waals surface area contributed by atoms with Crippen molar-refractivity contribution in [1.29, 1.82) is 0 Å². The van der Waals surface area contributed by atoms with Crippen LogP contribution in [0.15, 0.2) is 65.5 Å². The largest absolute Gasteiger partial charge is 0.507 e. The molecule has 0 unspecified atom stereocenters. The van der Waals surface area contributed by atoms with E-state index >= 15 is 0 Å². The first-order valence-electron chi connectivity index (χ1n) is 11.8. The van der Waals surface area contributed by atoms with E-state index in [1.807, 2.05) is 12.1 Å². The van der Waals surface area contributed by atoms with E-state index < -0.39 is 0 Å². The quantitative estimate of drug-likeness (QED) is 0.405. The van der Waals surface area contributed by atoms with Crippen LogP contribution in [0.4, 0.5) is 5.69 Å². The van der Waals surface area contributed by atoms with Crippen molar-refractivity contribution in [1.82, 2.24) is 14.7 Å². The summed E-state index contributed by atoms with van der Waals surface area (Å²) in [5, 5.41) is 14.5. The molecule has 1 N–H and O–H groups in total. The fraction of sp³-hybridized carbons (Fsp3) is 0.407. The number of unbranched alkanes of at least 4 members (excludes halogenated alkanes) is 3. The van der Waals surface area contributed by atoms with Gasteiger partial charge in [-0.3, -0.25) is 9.69 Å². The monoisotopic (exact) mass is 448 g/mol. The topological polar surface area (TPSA) is 61.6 Å². The number of aryl methyl sites for hydroxylation is 1. The van der Waals surface area contributed by atoms with Gasteiger partial charge < -0.3 is 10.0 Å². The molecule has 0 aliphatic carbocycles. The first-order valence-corrected chi connectivity index (χ1v) is 11.8. The molecule has 0 saturated carbocycles. The highest BCUT2D eigenvalue weighted by Crippen LogP contribution is 2.26. The van der Waals surface area contributed by atoms with Gasteiger partial charge in [0.25, 0.3) is 5.56 Å². The third-order valence-electron chi connectivity index (χ3n) is 5.95. The van der Waals surface area contributed by atoms with Gasteiger partial charge in [0.2, 0.25) is 0 Å². The van der Waals surface area contributed by atoms with Crippen LogP contribution in [0.5, 0.6) is 5.75 Å². The summed E-state index contributed by atoms with van der Waals surface area (Å²) < 4.78 is 1.51. The zero-order valence-corrected chi connectivity index (χ0v) is 20.1. The van der Waals surface area contributed by atoms with Gasteiger partial charge in [0.1, 0.15) is 5.75 Å². The highest BCUT2D eigenvalue weighted by molar-refractivity contribution is 5.65. The average Bonchev–Trinajstić information content (AvgIpc) is 2.82. The van der Waals surface area contributed by atoms with E-state index in [2.05, 4.69) is 60.2 Å².